The number of fused-ring (bicyclic) bond motifs is 1. The summed E-state index contributed by atoms with van der Waals surface area (Å²) in [5.41, 5.74) is 9.39. The number of carbonyl (C=O) groups is 2. The van der Waals surface area contributed by atoms with Crippen molar-refractivity contribution in [3.63, 3.8) is 0 Å². The molecule has 48 heavy (non-hydrogen) atoms. The van der Waals surface area contributed by atoms with E-state index >= 15 is 0 Å². The average Bonchev–Trinajstić information content (AvgIpc) is 3.15. The average molecular weight is 629 g/mol. The Hall–Kier alpha value is -5.74. The first-order chi connectivity index (χ1) is 23.5. The van der Waals surface area contributed by atoms with E-state index in [2.05, 4.69) is 74.5 Å². The first kappa shape index (κ1) is 30.9. The van der Waals surface area contributed by atoms with Gasteiger partial charge in [0.05, 0.1) is 17.0 Å². The van der Waals surface area contributed by atoms with Gasteiger partial charge in [-0.15, -0.1) is 0 Å². The number of hydrogen-bond donors (Lipinski definition) is 0. The Kier molecular flexibility index (Phi) is 8.72. The maximum atomic E-state index is 13.9. The predicted molar refractivity (Wildman–Crippen MR) is 190 cm³/mol. The molecule has 4 nitrogen and oxygen atoms in total. The van der Waals surface area contributed by atoms with E-state index in [4.69, 9.17) is 9.47 Å². The Morgan fingerprint density at radius 1 is 0.458 bits per heavy atom. The molecule has 7 rings (SSSR count). The van der Waals surface area contributed by atoms with Gasteiger partial charge in [-0.25, -0.2) is 9.59 Å². The van der Waals surface area contributed by atoms with Crippen LogP contribution < -0.4 is 0 Å². The van der Waals surface area contributed by atoms with Crippen LogP contribution in [0.4, 0.5) is 0 Å². The first-order valence-corrected chi connectivity index (χ1v) is 16.4. The van der Waals surface area contributed by atoms with Gasteiger partial charge >= 0.3 is 11.9 Å². The van der Waals surface area contributed by atoms with Crippen LogP contribution in [-0.4, -0.2) is 24.1 Å². The van der Waals surface area contributed by atoms with Crippen molar-refractivity contribution in [3.05, 3.63) is 191 Å². The molecule has 0 N–H and O–H groups in total. The SMILES string of the molecule is Cc1ccc(-c2ccccc2)cc1C1c2ccc(-c3ccccc3)cc2C(C)C(OC(=O)c2ccccc2)C1OC(=O)c1ccccc1. The third kappa shape index (κ3) is 6.17. The van der Waals surface area contributed by atoms with Crippen molar-refractivity contribution in [2.24, 2.45) is 0 Å². The van der Waals surface area contributed by atoms with E-state index in [1.54, 1.807) is 24.3 Å². The molecule has 0 radical (unpaired) electrons. The zero-order chi connectivity index (χ0) is 33.0. The molecule has 4 unspecified atom stereocenters. The maximum Gasteiger partial charge on any atom is 0.338 e. The van der Waals surface area contributed by atoms with Crippen molar-refractivity contribution in [2.45, 2.75) is 37.9 Å². The summed E-state index contributed by atoms with van der Waals surface area (Å²) in [7, 11) is 0. The number of benzene rings is 6. The summed E-state index contributed by atoms with van der Waals surface area (Å²) >= 11 is 0. The largest absolute Gasteiger partial charge is 0.454 e. The Morgan fingerprint density at radius 3 is 1.42 bits per heavy atom. The maximum absolute atomic E-state index is 13.9. The van der Waals surface area contributed by atoms with Gasteiger partial charge in [-0.3, -0.25) is 0 Å². The van der Waals surface area contributed by atoms with Crippen LogP contribution in [0.25, 0.3) is 22.3 Å². The molecule has 4 heteroatoms. The molecule has 0 aromatic heterocycles. The van der Waals surface area contributed by atoms with Crippen LogP contribution in [0.5, 0.6) is 0 Å². The fourth-order valence-corrected chi connectivity index (χ4v) is 6.86. The molecule has 4 atom stereocenters. The standard InChI is InChI=1S/C44H36O4/c1-29-23-24-35(31-15-7-3-8-16-31)27-38(29)40-37-26-25-36(32-17-9-4-10-18-32)28-39(37)30(2)41(47-43(45)33-19-11-5-12-20-33)42(40)48-44(46)34-21-13-6-14-22-34/h3-28,30,40-42H,1-2H3. The number of esters is 2. The lowest BCUT2D eigenvalue weighted by Gasteiger charge is -2.43. The monoisotopic (exact) mass is 628 g/mol. The van der Waals surface area contributed by atoms with Crippen LogP contribution in [0, 0.1) is 6.92 Å². The summed E-state index contributed by atoms with van der Waals surface area (Å²) in [6.07, 6.45) is -1.58. The van der Waals surface area contributed by atoms with Crippen molar-refractivity contribution in [1.29, 1.82) is 0 Å². The fraction of sp³-hybridized carbons (Fsp3) is 0.136. The Balaban J connectivity index is 1.42. The van der Waals surface area contributed by atoms with Crippen molar-refractivity contribution >= 4 is 11.9 Å². The third-order valence-corrected chi connectivity index (χ3v) is 9.39. The van der Waals surface area contributed by atoms with Crippen LogP contribution in [0.3, 0.4) is 0 Å². The number of aryl methyl sites for hydroxylation is 1. The van der Waals surface area contributed by atoms with Gasteiger partial charge in [-0.05, 0) is 75.7 Å². The van der Waals surface area contributed by atoms with Crippen LogP contribution in [-0.2, 0) is 9.47 Å². The molecule has 6 aromatic rings. The van der Waals surface area contributed by atoms with Crippen LogP contribution in [0.15, 0.2) is 158 Å². The molecular weight excluding hydrogens is 592 g/mol. The molecule has 0 spiro atoms. The number of hydrogen-bond acceptors (Lipinski definition) is 4. The van der Waals surface area contributed by atoms with Crippen molar-refractivity contribution in [1.82, 2.24) is 0 Å². The lowest BCUT2D eigenvalue weighted by atomic mass is 9.69. The minimum Gasteiger partial charge on any atom is -0.454 e. The molecule has 0 aliphatic heterocycles. The molecule has 0 saturated heterocycles. The zero-order valence-corrected chi connectivity index (χ0v) is 27.0. The summed E-state index contributed by atoms with van der Waals surface area (Å²) in [5, 5.41) is 0. The van der Waals surface area contributed by atoms with Crippen molar-refractivity contribution < 1.29 is 19.1 Å². The zero-order valence-electron chi connectivity index (χ0n) is 27.0. The second-order valence-electron chi connectivity index (χ2n) is 12.4. The number of carbonyl (C=O) groups excluding carboxylic acids is 2. The highest BCUT2D eigenvalue weighted by atomic mass is 16.6. The highest BCUT2D eigenvalue weighted by molar-refractivity contribution is 5.90. The van der Waals surface area contributed by atoms with E-state index < -0.39 is 30.1 Å². The van der Waals surface area contributed by atoms with Crippen LogP contribution in [0.1, 0.15) is 61.7 Å². The molecule has 6 aromatic carbocycles. The molecular formula is C44H36O4. The fourth-order valence-electron chi connectivity index (χ4n) is 6.86. The van der Waals surface area contributed by atoms with Gasteiger partial charge in [-0.1, -0.05) is 140 Å². The summed E-state index contributed by atoms with van der Waals surface area (Å²) in [6, 6.07) is 51.4. The van der Waals surface area contributed by atoms with Crippen molar-refractivity contribution in [2.75, 3.05) is 0 Å². The minimum absolute atomic E-state index is 0.279. The first-order valence-electron chi connectivity index (χ1n) is 16.4. The minimum atomic E-state index is -0.805. The molecule has 0 bridgehead atoms. The molecule has 0 fully saturated rings. The molecule has 1 aliphatic rings. The lowest BCUT2D eigenvalue weighted by molar-refractivity contribution is -0.0532. The van der Waals surface area contributed by atoms with E-state index in [1.807, 2.05) is 72.8 Å². The second-order valence-corrected chi connectivity index (χ2v) is 12.4. The third-order valence-electron chi connectivity index (χ3n) is 9.39. The van der Waals surface area contributed by atoms with Gasteiger partial charge in [0, 0.05) is 5.92 Å². The topological polar surface area (TPSA) is 52.6 Å². The van der Waals surface area contributed by atoms with Gasteiger partial charge in [0.2, 0.25) is 0 Å². The van der Waals surface area contributed by atoms with Gasteiger partial charge < -0.3 is 9.47 Å². The molecule has 1 aliphatic carbocycles. The van der Waals surface area contributed by atoms with Crippen molar-refractivity contribution in [3.8, 4) is 22.3 Å². The van der Waals surface area contributed by atoms with E-state index in [0.717, 1.165) is 44.5 Å². The van der Waals surface area contributed by atoms with Crippen LogP contribution >= 0.6 is 0 Å². The van der Waals surface area contributed by atoms with Gasteiger partial charge in [0.15, 0.2) is 6.10 Å². The molecule has 0 saturated carbocycles. The van der Waals surface area contributed by atoms with Gasteiger partial charge in [0.1, 0.15) is 6.10 Å². The Bertz CT molecular complexity index is 2040. The highest BCUT2D eigenvalue weighted by Gasteiger charge is 2.47. The van der Waals surface area contributed by atoms with Gasteiger partial charge in [-0.2, -0.15) is 0 Å². The summed E-state index contributed by atoms with van der Waals surface area (Å²) in [5.74, 6) is -1.60. The van der Waals surface area contributed by atoms with E-state index in [0.29, 0.717) is 11.1 Å². The molecule has 0 heterocycles. The predicted octanol–water partition coefficient (Wildman–Crippen LogP) is 10.0. The smallest absolute Gasteiger partial charge is 0.338 e. The summed E-state index contributed by atoms with van der Waals surface area (Å²) < 4.78 is 13.0. The molecule has 0 amide bonds. The van der Waals surface area contributed by atoms with Crippen LogP contribution in [0.2, 0.25) is 0 Å². The Morgan fingerprint density at radius 2 is 0.896 bits per heavy atom. The van der Waals surface area contributed by atoms with E-state index in [-0.39, 0.29) is 5.92 Å². The highest BCUT2D eigenvalue weighted by Crippen LogP contribution is 2.48. The quantitative estimate of drug-likeness (QED) is 0.165. The van der Waals surface area contributed by atoms with E-state index in [1.165, 1.54) is 0 Å². The number of ether oxygens (including phenoxy) is 2. The summed E-state index contributed by atoms with van der Waals surface area (Å²) in [6.45, 7) is 4.14. The van der Waals surface area contributed by atoms with E-state index in [9.17, 15) is 9.59 Å². The summed E-state index contributed by atoms with van der Waals surface area (Å²) in [4.78, 5) is 27.6. The van der Waals surface area contributed by atoms with Gasteiger partial charge in [0.25, 0.3) is 0 Å². The molecule has 236 valence electrons. The second kappa shape index (κ2) is 13.5. The Labute approximate surface area is 281 Å². The normalized spacial score (nSPS) is 18.4. The number of rotatable bonds is 7. The lowest BCUT2D eigenvalue weighted by Crippen LogP contribution is -2.47.